The van der Waals surface area contributed by atoms with E-state index in [-0.39, 0.29) is 11.6 Å². The summed E-state index contributed by atoms with van der Waals surface area (Å²) < 4.78 is 16.0. The lowest BCUT2D eigenvalue weighted by molar-refractivity contribution is 0.101. The van der Waals surface area contributed by atoms with Crippen molar-refractivity contribution in [2.75, 3.05) is 13.6 Å². The molecule has 1 aliphatic heterocycles. The zero-order chi connectivity index (χ0) is 14.3. The molecular formula is C15H16FN3O. The molecule has 0 radical (unpaired) electrons. The Labute approximate surface area is 116 Å². The van der Waals surface area contributed by atoms with Gasteiger partial charge >= 0.3 is 0 Å². The average molecular weight is 273 g/mol. The third-order valence-electron chi connectivity index (χ3n) is 3.65. The lowest BCUT2D eigenvalue weighted by Gasteiger charge is -2.25. The van der Waals surface area contributed by atoms with Gasteiger partial charge in [-0.2, -0.15) is 0 Å². The van der Waals surface area contributed by atoms with Crippen LogP contribution in [0, 0.1) is 5.82 Å². The molecule has 0 N–H and O–H groups in total. The van der Waals surface area contributed by atoms with Crippen LogP contribution in [0.1, 0.15) is 23.1 Å². The minimum absolute atomic E-state index is 0.0772. The summed E-state index contributed by atoms with van der Waals surface area (Å²) in [5, 5.41) is 0. The lowest BCUT2D eigenvalue weighted by Crippen LogP contribution is -2.31. The van der Waals surface area contributed by atoms with Gasteiger partial charge in [0.25, 0.3) is 0 Å². The molecule has 0 saturated carbocycles. The summed E-state index contributed by atoms with van der Waals surface area (Å²) in [6, 6.07) is 6.55. The van der Waals surface area contributed by atoms with Crippen molar-refractivity contribution in [3.05, 3.63) is 41.5 Å². The minimum atomic E-state index is -0.311. The molecule has 0 fully saturated rings. The smallest absolute Gasteiger partial charge is 0.180 e. The van der Waals surface area contributed by atoms with E-state index in [1.165, 1.54) is 13.0 Å². The molecule has 3 rings (SSSR count). The molecule has 104 valence electrons. The molecule has 0 amide bonds. The van der Waals surface area contributed by atoms with E-state index < -0.39 is 0 Å². The van der Waals surface area contributed by atoms with Gasteiger partial charge in [-0.25, -0.2) is 9.37 Å². The lowest BCUT2D eigenvalue weighted by atomic mass is 10.2. The van der Waals surface area contributed by atoms with Crippen LogP contribution < -0.4 is 0 Å². The third-order valence-corrected chi connectivity index (χ3v) is 3.65. The van der Waals surface area contributed by atoms with Crippen molar-refractivity contribution in [2.45, 2.75) is 20.0 Å². The number of ketones is 1. The Morgan fingerprint density at radius 1 is 1.30 bits per heavy atom. The molecule has 1 aromatic carbocycles. The van der Waals surface area contributed by atoms with E-state index in [0.717, 1.165) is 18.8 Å². The highest BCUT2D eigenvalue weighted by Gasteiger charge is 2.25. The number of nitrogens with zero attached hydrogens (tertiary/aromatic N) is 3. The number of halogens is 1. The van der Waals surface area contributed by atoms with Gasteiger partial charge in [-0.05, 0) is 19.2 Å². The van der Waals surface area contributed by atoms with E-state index in [9.17, 15) is 9.18 Å². The fraction of sp³-hybridized carbons (Fsp3) is 0.333. The summed E-state index contributed by atoms with van der Waals surface area (Å²) in [4.78, 5) is 18.3. The monoisotopic (exact) mass is 273 g/mol. The maximum atomic E-state index is 14.0. The molecule has 2 aromatic rings. The number of carbonyl (C=O) groups is 1. The number of benzene rings is 1. The van der Waals surface area contributed by atoms with Crippen molar-refractivity contribution in [3.63, 3.8) is 0 Å². The summed E-state index contributed by atoms with van der Waals surface area (Å²) in [7, 11) is 2.00. The summed E-state index contributed by atoms with van der Waals surface area (Å²) >= 11 is 0. The minimum Gasteiger partial charge on any atom is -0.325 e. The zero-order valence-corrected chi connectivity index (χ0v) is 11.6. The highest BCUT2D eigenvalue weighted by atomic mass is 19.1. The quantitative estimate of drug-likeness (QED) is 0.788. The molecule has 2 heterocycles. The SMILES string of the molecule is CC(=O)c1nc(-c2ccccc2F)n2c1CN(C)CC2. The molecule has 0 atom stereocenters. The van der Waals surface area contributed by atoms with Crippen molar-refractivity contribution in [1.82, 2.24) is 14.5 Å². The van der Waals surface area contributed by atoms with E-state index >= 15 is 0 Å². The first-order chi connectivity index (χ1) is 9.58. The Balaban J connectivity index is 2.20. The molecule has 0 saturated heterocycles. The molecule has 1 aliphatic rings. The van der Waals surface area contributed by atoms with Crippen molar-refractivity contribution >= 4 is 5.78 Å². The largest absolute Gasteiger partial charge is 0.325 e. The van der Waals surface area contributed by atoms with Gasteiger partial charge in [-0.3, -0.25) is 9.69 Å². The van der Waals surface area contributed by atoms with E-state index in [0.29, 0.717) is 23.6 Å². The Hall–Kier alpha value is -2.01. The second-order valence-corrected chi connectivity index (χ2v) is 5.16. The van der Waals surface area contributed by atoms with Gasteiger partial charge in [0, 0.05) is 26.6 Å². The fourth-order valence-corrected chi connectivity index (χ4v) is 2.62. The molecule has 4 nitrogen and oxygen atoms in total. The van der Waals surface area contributed by atoms with E-state index in [2.05, 4.69) is 9.88 Å². The van der Waals surface area contributed by atoms with Crippen LogP contribution in [0.15, 0.2) is 24.3 Å². The Bertz CT molecular complexity index is 678. The van der Waals surface area contributed by atoms with Crippen LogP contribution in [0.2, 0.25) is 0 Å². The first-order valence-corrected chi connectivity index (χ1v) is 6.61. The maximum absolute atomic E-state index is 14.0. The molecule has 0 aliphatic carbocycles. The molecule has 1 aromatic heterocycles. The number of aromatic nitrogens is 2. The second-order valence-electron chi connectivity index (χ2n) is 5.16. The number of hydrogen-bond donors (Lipinski definition) is 0. The fourth-order valence-electron chi connectivity index (χ4n) is 2.62. The maximum Gasteiger partial charge on any atom is 0.180 e. The number of hydrogen-bond acceptors (Lipinski definition) is 3. The number of likely N-dealkylation sites (N-methyl/N-ethyl adjacent to an activating group) is 1. The molecule has 5 heteroatoms. The van der Waals surface area contributed by atoms with Crippen molar-refractivity contribution in [3.8, 4) is 11.4 Å². The molecule has 20 heavy (non-hydrogen) atoms. The molecule has 0 bridgehead atoms. The number of imidazole rings is 1. The van der Waals surface area contributed by atoms with Gasteiger partial charge < -0.3 is 4.57 Å². The van der Waals surface area contributed by atoms with E-state index in [1.54, 1.807) is 18.2 Å². The van der Waals surface area contributed by atoms with Gasteiger partial charge in [0.2, 0.25) is 0 Å². The van der Waals surface area contributed by atoms with Gasteiger partial charge in [0.1, 0.15) is 17.3 Å². The summed E-state index contributed by atoms with van der Waals surface area (Å²) in [5.41, 5.74) is 1.78. The third kappa shape index (κ3) is 2.04. The van der Waals surface area contributed by atoms with Crippen LogP contribution in [0.4, 0.5) is 4.39 Å². The molecule has 0 unspecified atom stereocenters. The molecular weight excluding hydrogens is 257 g/mol. The van der Waals surface area contributed by atoms with Gasteiger partial charge in [0.15, 0.2) is 5.78 Å². The number of fused-ring (bicyclic) bond motifs is 1. The highest BCUT2D eigenvalue weighted by Crippen LogP contribution is 2.27. The topological polar surface area (TPSA) is 38.1 Å². The highest BCUT2D eigenvalue weighted by molar-refractivity contribution is 5.94. The second kappa shape index (κ2) is 4.83. The van der Waals surface area contributed by atoms with Crippen molar-refractivity contribution in [2.24, 2.45) is 0 Å². The Morgan fingerprint density at radius 2 is 2.05 bits per heavy atom. The van der Waals surface area contributed by atoms with Crippen LogP contribution in [0.25, 0.3) is 11.4 Å². The number of carbonyl (C=O) groups excluding carboxylic acids is 1. The number of Topliss-reactive ketones (excluding diaryl/α,β-unsaturated/α-hetero) is 1. The summed E-state index contributed by atoms with van der Waals surface area (Å²) in [6.07, 6.45) is 0. The van der Waals surface area contributed by atoms with Gasteiger partial charge in [-0.15, -0.1) is 0 Å². The first-order valence-electron chi connectivity index (χ1n) is 6.61. The van der Waals surface area contributed by atoms with Crippen LogP contribution in [-0.4, -0.2) is 33.8 Å². The predicted molar refractivity (Wildman–Crippen MR) is 74.0 cm³/mol. The molecule has 0 spiro atoms. The Morgan fingerprint density at radius 3 is 2.75 bits per heavy atom. The van der Waals surface area contributed by atoms with Crippen molar-refractivity contribution in [1.29, 1.82) is 0 Å². The average Bonchev–Trinajstić information content (AvgIpc) is 2.78. The van der Waals surface area contributed by atoms with Crippen LogP contribution in [-0.2, 0) is 13.1 Å². The van der Waals surface area contributed by atoms with Crippen molar-refractivity contribution < 1.29 is 9.18 Å². The standard InChI is InChI=1S/C15H16FN3O/c1-10(20)14-13-9-18(2)7-8-19(13)15(17-14)11-5-3-4-6-12(11)16/h3-6H,7-9H2,1-2H3. The Kier molecular flexibility index (Phi) is 3.14. The summed E-state index contributed by atoms with van der Waals surface area (Å²) in [6.45, 7) is 3.75. The van der Waals surface area contributed by atoms with E-state index in [1.807, 2.05) is 11.6 Å². The van der Waals surface area contributed by atoms with Crippen LogP contribution >= 0.6 is 0 Å². The normalized spacial score (nSPS) is 15.2. The van der Waals surface area contributed by atoms with Gasteiger partial charge in [-0.1, -0.05) is 12.1 Å². The van der Waals surface area contributed by atoms with Crippen LogP contribution in [0.3, 0.4) is 0 Å². The van der Waals surface area contributed by atoms with Gasteiger partial charge in [0.05, 0.1) is 11.3 Å². The van der Waals surface area contributed by atoms with Crippen LogP contribution in [0.5, 0.6) is 0 Å². The summed E-state index contributed by atoms with van der Waals surface area (Å²) in [5.74, 6) is 0.164. The van der Waals surface area contributed by atoms with E-state index in [4.69, 9.17) is 0 Å². The zero-order valence-electron chi connectivity index (χ0n) is 11.6. The first kappa shape index (κ1) is 13.0. The predicted octanol–water partition coefficient (Wildman–Crippen LogP) is 2.34. The number of rotatable bonds is 2.